The number of benzene rings is 1. The Morgan fingerprint density at radius 2 is 1.45 bits per heavy atom. The van der Waals surface area contributed by atoms with Crippen molar-refractivity contribution >= 4 is 11.3 Å². The van der Waals surface area contributed by atoms with Crippen LogP contribution in [0, 0.1) is 0 Å². The molecule has 0 radical (unpaired) electrons. The summed E-state index contributed by atoms with van der Waals surface area (Å²) in [4.78, 5) is 0. The summed E-state index contributed by atoms with van der Waals surface area (Å²) < 4.78 is 5.61. The Labute approximate surface area is 127 Å². The molecule has 2 heteroatoms. The van der Waals surface area contributed by atoms with Crippen molar-refractivity contribution in [1.29, 1.82) is 0 Å². The highest BCUT2D eigenvalue weighted by Crippen LogP contribution is 2.10. The summed E-state index contributed by atoms with van der Waals surface area (Å²) in [7, 11) is 0. The standard InChI is InChI=1S/C14H22O.C4H4S/c1-2-3-4-5-6-10-13-15-14-11-8-7-9-12-14;1-2-4-5-3-1/h7-9,11-12H,2-6,10,13H2,1H3;1-4H. The van der Waals surface area contributed by atoms with Crippen molar-refractivity contribution in [2.75, 3.05) is 6.61 Å². The van der Waals surface area contributed by atoms with Gasteiger partial charge in [0.1, 0.15) is 5.75 Å². The molecule has 110 valence electrons. The average molecular weight is 290 g/mol. The number of thiophene rings is 1. The fourth-order valence-electron chi connectivity index (χ4n) is 1.82. The highest BCUT2D eigenvalue weighted by Gasteiger charge is 1.92. The molecule has 0 N–H and O–H groups in total. The molecule has 0 aliphatic rings. The largest absolute Gasteiger partial charge is 0.494 e. The second kappa shape index (κ2) is 12.7. The Kier molecular flexibility index (Phi) is 10.7. The van der Waals surface area contributed by atoms with Crippen molar-refractivity contribution < 1.29 is 4.74 Å². The molecule has 1 aromatic carbocycles. The molecule has 0 aliphatic heterocycles. The Balaban J connectivity index is 0.000000333. The molecule has 2 rings (SSSR count). The molecule has 0 amide bonds. The molecular weight excluding hydrogens is 264 g/mol. The van der Waals surface area contributed by atoms with E-state index in [1.54, 1.807) is 11.3 Å². The van der Waals surface area contributed by atoms with E-state index < -0.39 is 0 Å². The second-order valence-corrected chi connectivity index (χ2v) is 5.54. The minimum absolute atomic E-state index is 0.857. The topological polar surface area (TPSA) is 9.23 Å². The van der Waals surface area contributed by atoms with Crippen LogP contribution in [0.1, 0.15) is 45.4 Å². The normalized spacial score (nSPS) is 9.65. The first-order valence-corrected chi connectivity index (χ1v) is 8.52. The van der Waals surface area contributed by atoms with Crippen LogP contribution in [0.25, 0.3) is 0 Å². The zero-order valence-electron chi connectivity index (χ0n) is 12.5. The van der Waals surface area contributed by atoms with Gasteiger partial charge < -0.3 is 4.74 Å². The van der Waals surface area contributed by atoms with Crippen LogP contribution in [0.5, 0.6) is 5.75 Å². The van der Waals surface area contributed by atoms with E-state index in [-0.39, 0.29) is 0 Å². The predicted octanol–water partition coefficient (Wildman–Crippen LogP) is 6.17. The first-order valence-electron chi connectivity index (χ1n) is 7.58. The van der Waals surface area contributed by atoms with Crippen molar-refractivity contribution in [3.63, 3.8) is 0 Å². The van der Waals surface area contributed by atoms with E-state index in [9.17, 15) is 0 Å². The summed E-state index contributed by atoms with van der Waals surface area (Å²) in [5.74, 6) is 0.992. The summed E-state index contributed by atoms with van der Waals surface area (Å²) in [6.45, 7) is 3.11. The number of ether oxygens (including phenoxy) is 1. The van der Waals surface area contributed by atoms with Gasteiger partial charge in [-0.25, -0.2) is 0 Å². The summed E-state index contributed by atoms with van der Waals surface area (Å²) >= 11 is 1.71. The lowest BCUT2D eigenvalue weighted by atomic mass is 10.1. The minimum atomic E-state index is 0.857. The Bertz CT molecular complexity index is 366. The smallest absolute Gasteiger partial charge is 0.119 e. The highest BCUT2D eigenvalue weighted by molar-refractivity contribution is 7.07. The Morgan fingerprint density at radius 3 is 2.05 bits per heavy atom. The van der Waals surface area contributed by atoms with Crippen LogP contribution in [-0.2, 0) is 0 Å². The third kappa shape index (κ3) is 9.62. The van der Waals surface area contributed by atoms with Crippen molar-refractivity contribution in [1.82, 2.24) is 0 Å². The number of hydrogen-bond donors (Lipinski definition) is 0. The van der Waals surface area contributed by atoms with Crippen LogP contribution in [0.15, 0.2) is 53.2 Å². The third-order valence-corrected chi connectivity index (χ3v) is 3.56. The van der Waals surface area contributed by atoms with Gasteiger partial charge in [-0.3, -0.25) is 0 Å². The number of para-hydroxylation sites is 1. The van der Waals surface area contributed by atoms with Gasteiger partial charge in [-0.05, 0) is 29.3 Å². The van der Waals surface area contributed by atoms with Gasteiger partial charge in [-0.2, -0.15) is 11.3 Å². The average Bonchev–Trinajstić information content (AvgIpc) is 3.07. The van der Waals surface area contributed by atoms with Gasteiger partial charge in [0.05, 0.1) is 6.61 Å². The Morgan fingerprint density at radius 1 is 0.800 bits per heavy atom. The van der Waals surface area contributed by atoms with E-state index in [0.29, 0.717) is 0 Å². The maximum atomic E-state index is 5.61. The van der Waals surface area contributed by atoms with Crippen molar-refractivity contribution in [2.24, 2.45) is 0 Å². The molecule has 1 nitrogen and oxygen atoms in total. The first-order chi connectivity index (χ1) is 9.93. The SMILES string of the molecule is CCCCCCCCOc1ccccc1.c1ccsc1. The van der Waals surface area contributed by atoms with Crippen LogP contribution in [-0.4, -0.2) is 6.61 Å². The van der Waals surface area contributed by atoms with Crippen LogP contribution >= 0.6 is 11.3 Å². The molecule has 1 heterocycles. The van der Waals surface area contributed by atoms with Gasteiger partial charge in [0.25, 0.3) is 0 Å². The van der Waals surface area contributed by atoms with Crippen LogP contribution in [0.3, 0.4) is 0 Å². The third-order valence-electron chi connectivity index (χ3n) is 2.94. The fraction of sp³-hybridized carbons (Fsp3) is 0.444. The summed E-state index contributed by atoms with van der Waals surface area (Å²) in [6, 6.07) is 14.1. The minimum Gasteiger partial charge on any atom is -0.494 e. The maximum absolute atomic E-state index is 5.61. The summed E-state index contributed by atoms with van der Waals surface area (Å²) in [5.41, 5.74) is 0. The molecule has 0 unspecified atom stereocenters. The lowest BCUT2D eigenvalue weighted by Gasteiger charge is -2.05. The lowest BCUT2D eigenvalue weighted by Crippen LogP contribution is -1.96. The molecule has 20 heavy (non-hydrogen) atoms. The summed E-state index contributed by atoms with van der Waals surface area (Å²) in [5, 5.41) is 4.08. The van der Waals surface area contributed by atoms with Crippen LogP contribution in [0.4, 0.5) is 0 Å². The second-order valence-electron chi connectivity index (χ2n) is 4.72. The molecule has 2 aromatic rings. The van der Waals surface area contributed by atoms with Crippen molar-refractivity contribution in [3.8, 4) is 5.75 Å². The van der Waals surface area contributed by atoms with Gasteiger partial charge in [-0.15, -0.1) is 0 Å². The zero-order chi connectivity index (χ0) is 14.3. The number of rotatable bonds is 8. The highest BCUT2D eigenvalue weighted by atomic mass is 32.1. The molecule has 0 spiro atoms. The number of unbranched alkanes of at least 4 members (excludes halogenated alkanes) is 5. The molecule has 1 aromatic heterocycles. The maximum Gasteiger partial charge on any atom is 0.119 e. The molecule has 0 fully saturated rings. The van der Waals surface area contributed by atoms with E-state index in [2.05, 4.69) is 6.92 Å². The molecule has 0 atom stereocenters. The molecular formula is C18H26OS. The van der Waals surface area contributed by atoms with Gasteiger partial charge in [-0.1, -0.05) is 69.4 Å². The summed E-state index contributed by atoms with van der Waals surface area (Å²) in [6.07, 6.45) is 7.90. The fourth-order valence-corrected chi connectivity index (χ4v) is 2.27. The lowest BCUT2D eigenvalue weighted by molar-refractivity contribution is 0.304. The number of hydrogen-bond acceptors (Lipinski definition) is 2. The van der Waals surface area contributed by atoms with Gasteiger partial charge in [0, 0.05) is 0 Å². The quantitative estimate of drug-likeness (QED) is 0.528. The van der Waals surface area contributed by atoms with E-state index in [1.165, 1.54) is 38.5 Å². The monoisotopic (exact) mass is 290 g/mol. The first kappa shape index (κ1) is 16.8. The predicted molar refractivity (Wildman–Crippen MR) is 89.6 cm³/mol. The van der Waals surface area contributed by atoms with E-state index in [4.69, 9.17) is 4.74 Å². The van der Waals surface area contributed by atoms with Crippen molar-refractivity contribution in [2.45, 2.75) is 45.4 Å². The molecule has 0 saturated heterocycles. The Hall–Kier alpha value is -1.28. The van der Waals surface area contributed by atoms with E-state index in [0.717, 1.165) is 12.4 Å². The van der Waals surface area contributed by atoms with E-state index >= 15 is 0 Å². The molecule has 0 aliphatic carbocycles. The molecule has 0 saturated carbocycles. The van der Waals surface area contributed by atoms with Gasteiger partial charge in [0.2, 0.25) is 0 Å². The van der Waals surface area contributed by atoms with E-state index in [1.807, 2.05) is 53.2 Å². The zero-order valence-corrected chi connectivity index (χ0v) is 13.3. The van der Waals surface area contributed by atoms with Gasteiger partial charge >= 0.3 is 0 Å². The van der Waals surface area contributed by atoms with Crippen molar-refractivity contribution in [3.05, 3.63) is 53.2 Å². The van der Waals surface area contributed by atoms with Crippen LogP contribution < -0.4 is 4.74 Å². The van der Waals surface area contributed by atoms with Gasteiger partial charge in [0.15, 0.2) is 0 Å². The van der Waals surface area contributed by atoms with Crippen LogP contribution in [0.2, 0.25) is 0 Å². The molecule has 0 bridgehead atoms.